The van der Waals surface area contributed by atoms with Crippen LogP contribution in [0.25, 0.3) is 0 Å². The van der Waals surface area contributed by atoms with Crippen molar-refractivity contribution < 1.29 is 18.4 Å². The Hall–Kier alpha value is -2.76. The molecular formula is C16H14F2N2O2. The smallest absolute Gasteiger partial charge is 0.251 e. The summed E-state index contributed by atoms with van der Waals surface area (Å²) in [5.41, 5.74) is 0.672. The van der Waals surface area contributed by atoms with Gasteiger partial charge in [0.15, 0.2) is 0 Å². The minimum absolute atomic E-state index is 0.388. The number of carbonyl (C=O) groups is 2. The standard InChI is InChI=1S/C16H14F2N2O2/c1-10-5-2-3-6-11(10)16(22)19-9-14(21)20-15-12(17)7-4-8-13(15)18/h2-8H,9H2,1H3,(H,19,22)(H,20,21). The SMILES string of the molecule is Cc1ccccc1C(=O)NCC(=O)Nc1c(F)cccc1F. The maximum absolute atomic E-state index is 13.4. The van der Waals surface area contributed by atoms with Crippen LogP contribution in [-0.4, -0.2) is 18.4 Å². The highest BCUT2D eigenvalue weighted by Gasteiger charge is 2.13. The van der Waals surface area contributed by atoms with Crippen molar-refractivity contribution in [3.05, 3.63) is 65.2 Å². The van der Waals surface area contributed by atoms with E-state index in [1.54, 1.807) is 31.2 Å². The molecule has 0 saturated carbocycles. The number of para-hydroxylation sites is 1. The molecule has 0 saturated heterocycles. The summed E-state index contributed by atoms with van der Waals surface area (Å²) in [6, 6.07) is 10.1. The molecule has 4 nitrogen and oxygen atoms in total. The summed E-state index contributed by atoms with van der Waals surface area (Å²) in [6.07, 6.45) is 0. The molecule has 0 aromatic heterocycles. The Morgan fingerprint density at radius 2 is 1.64 bits per heavy atom. The molecule has 2 amide bonds. The van der Waals surface area contributed by atoms with E-state index in [2.05, 4.69) is 10.6 Å². The van der Waals surface area contributed by atoms with Crippen molar-refractivity contribution >= 4 is 17.5 Å². The average molecular weight is 304 g/mol. The van der Waals surface area contributed by atoms with Gasteiger partial charge in [0.2, 0.25) is 5.91 Å². The molecule has 0 aliphatic carbocycles. The number of rotatable bonds is 4. The highest BCUT2D eigenvalue weighted by atomic mass is 19.1. The number of benzene rings is 2. The lowest BCUT2D eigenvalue weighted by atomic mass is 10.1. The van der Waals surface area contributed by atoms with E-state index in [4.69, 9.17) is 0 Å². The van der Waals surface area contributed by atoms with Crippen LogP contribution in [0.5, 0.6) is 0 Å². The van der Waals surface area contributed by atoms with Gasteiger partial charge < -0.3 is 10.6 Å². The summed E-state index contributed by atoms with van der Waals surface area (Å²) < 4.78 is 26.8. The van der Waals surface area contributed by atoms with Crippen molar-refractivity contribution in [1.82, 2.24) is 5.32 Å². The molecule has 2 rings (SSSR count). The number of hydrogen-bond donors (Lipinski definition) is 2. The Kier molecular flexibility index (Phi) is 4.83. The van der Waals surface area contributed by atoms with Gasteiger partial charge in [-0.15, -0.1) is 0 Å². The van der Waals surface area contributed by atoms with Gasteiger partial charge in [0.05, 0.1) is 6.54 Å². The average Bonchev–Trinajstić information content (AvgIpc) is 2.49. The quantitative estimate of drug-likeness (QED) is 0.912. The van der Waals surface area contributed by atoms with Gasteiger partial charge in [0.25, 0.3) is 5.91 Å². The van der Waals surface area contributed by atoms with Crippen molar-refractivity contribution in [1.29, 1.82) is 0 Å². The van der Waals surface area contributed by atoms with Crippen LogP contribution in [0.2, 0.25) is 0 Å². The molecule has 2 aromatic carbocycles. The van der Waals surface area contributed by atoms with Crippen LogP contribution in [-0.2, 0) is 4.79 Å². The lowest BCUT2D eigenvalue weighted by molar-refractivity contribution is -0.115. The van der Waals surface area contributed by atoms with Crippen LogP contribution in [0, 0.1) is 18.6 Å². The van der Waals surface area contributed by atoms with Crippen molar-refractivity contribution in [2.24, 2.45) is 0 Å². The molecule has 6 heteroatoms. The number of anilines is 1. The first-order valence-electron chi connectivity index (χ1n) is 6.56. The molecule has 0 aliphatic heterocycles. The molecule has 0 atom stereocenters. The number of carbonyl (C=O) groups excluding carboxylic acids is 2. The largest absolute Gasteiger partial charge is 0.343 e. The Balaban J connectivity index is 1.96. The number of halogens is 2. The van der Waals surface area contributed by atoms with Gasteiger partial charge in [-0.05, 0) is 30.7 Å². The molecule has 0 fully saturated rings. The molecule has 0 bridgehead atoms. The molecule has 114 valence electrons. The molecular weight excluding hydrogens is 290 g/mol. The van der Waals surface area contributed by atoms with E-state index in [9.17, 15) is 18.4 Å². The molecule has 0 heterocycles. The fourth-order valence-corrected chi connectivity index (χ4v) is 1.88. The second-order valence-corrected chi connectivity index (χ2v) is 4.64. The Morgan fingerprint density at radius 3 is 2.27 bits per heavy atom. The van der Waals surface area contributed by atoms with E-state index >= 15 is 0 Å². The zero-order valence-corrected chi connectivity index (χ0v) is 11.8. The Bertz CT molecular complexity index is 697. The summed E-state index contributed by atoms with van der Waals surface area (Å²) in [5, 5.41) is 4.50. The summed E-state index contributed by atoms with van der Waals surface area (Å²) in [7, 11) is 0. The molecule has 0 aliphatic rings. The second-order valence-electron chi connectivity index (χ2n) is 4.64. The predicted octanol–water partition coefficient (Wildman–Crippen LogP) is 2.64. The van der Waals surface area contributed by atoms with Gasteiger partial charge in [-0.1, -0.05) is 24.3 Å². The van der Waals surface area contributed by atoms with E-state index in [0.29, 0.717) is 5.56 Å². The highest BCUT2D eigenvalue weighted by Crippen LogP contribution is 2.17. The zero-order valence-electron chi connectivity index (χ0n) is 11.8. The zero-order chi connectivity index (χ0) is 16.1. The third-order valence-corrected chi connectivity index (χ3v) is 3.03. The molecule has 0 unspecified atom stereocenters. The van der Waals surface area contributed by atoms with E-state index in [-0.39, 0.29) is 6.54 Å². The van der Waals surface area contributed by atoms with Gasteiger partial charge in [-0.2, -0.15) is 0 Å². The van der Waals surface area contributed by atoms with Crippen LogP contribution in [0.15, 0.2) is 42.5 Å². The van der Waals surface area contributed by atoms with Gasteiger partial charge in [-0.3, -0.25) is 9.59 Å². The fourth-order valence-electron chi connectivity index (χ4n) is 1.88. The number of hydrogen-bond acceptors (Lipinski definition) is 2. The van der Waals surface area contributed by atoms with Crippen LogP contribution in [0.1, 0.15) is 15.9 Å². The van der Waals surface area contributed by atoms with Crippen LogP contribution < -0.4 is 10.6 Å². The summed E-state index contributed by atoms with van der Waals surface area (Å²) in [5.74, 6) is -2.90. The van der Waals surface area contributed by atoms with Crippen molar-refractivity contribution in [2.45, 2.75) is 6.92 Å². The summed E-state index contributed by atoms with van der Waals surface area (Å²) >= 11 is 0. The number of aryl methyl sites for hydroxylation is 1. The normalized spacial score (nSPS) is 10.1. The number of amides is 2. The molecule has 0 radical (unpaired) electrons. The highest BCUT2D eigenvalue weighted by molar-refractivity contribution is 6.00. The maximum atomic E-state index is 13.4. The minimum atomic E-state index is -0.876. The molecule has 22 heavy (non-hydrogen) atoms. The monoisotopic (exact) mass is 304 g/mol. The van der Waals surface area contributed by atoms with Gasteiger partial charge in [-0.25, -0.2) is 8.78 Å². The van der Waals surface area contributed by atoms with Crippen molar-refractivity contribution in [3.63, 3.8) is 0 Å². The molecule has 2 N–H and O–H groups in total. The van der Waals surface area contributed by atoms with E-state index in [0.717, 1.165) is 17.7 Å². The third kappa shape index (κ3) is 3.66. The van der Waals surface area contributed by atoms with Crippen molar-refractivity contribution in [2.75, 3.05) is 11.9 Å². The van der Waals surface area contributed by atoms with Crippen LogP contribution in [0.4, 0.5) is 14.5 Å². The summed E-state index contributed by atoms with van der Waals surface area (Å²) in [4.78, 5) is 23.6. The lowest BCUT2D eigenvalue weighted by Crippen LogP contribution is -2.33. The second kappa shape index (κ2) is 6.80. The lowest BCUT2D eigenvalue weighted by Gasteiger charge is -2.09. The van der Waals surface area contributed by atoms with Gasteiger partial charge >= 0.3 is 0 Å². The summed E-state index contributed by atoms with van der Waals surface area (Å²) in [6.45, 7) is 1.38. The molecule has 0 spiro atoms. The Labute approximate surface area is 126 Å². The third-order valence-electron chi connectivity index (χ3n) is 3.03. The fraction of sp³-hybridized carbons (Fsp3) is 0.125. The first-order chi connectivity index (χ1) is 10.5. The van der Waals surface area contributed by atoms with Crippen LogP contribution >= 0.6 is 0 Å². The first-order valence-corrected chi connectivity index (χ1v) is 6.56. The van der Waals surface area contributed by atoms with Gasteiger partial charge in [0.1, 0.15) is 17.3 Å². The first kappa shape index (κ1) is 15.6. The maximum Gasteiger partial charge on any atom is 0.251 e. The van der Waals surface area contributed by atoms with Gasteiger partial charge in [0, 0.05) is 5.56 Å². The predicted molar refractivity (Wildman–Crippen MR) is 78.5 cm³/mol. The van der Waals surface area contributed by atoms with Crippen molar-refractivity contribution in [3.8, 4) is 0 Å². The topological polar surface area (TPSA) is 58.2 Å². The Morgan fingerprint density at radius 1 is 1.00 bits per heavy atom. The van der Waals surface area contributed by atoms with E-state index in [1.165, 1.54) is 6.07 Å². The number of nitrogens with one attached hydrogen (secondary N) is 2. The van der Waals surface area contributed by atoms with E-state index in [1.807, 2.05) is 0 Å². The molecule has 2 aromatic rings. The minimum Gasteiger partial charge on any atom is -0.343 e. The van der Waals surface area contributed by atoms with E-state index < -0.39 is 29.1 Å². The van der Waals surface area contributed by atoms with Crippen LogP contribution in [0.3, 0.4) is 0 Å².